The number of aromatic carboxylic acids is 2. The molecule has 2 aromatic heterocycles. The van der Waals surface area contributed by atoms with Gasteiger partial charge in [0.15, 0.2) is 11.6 Å². The van der Waals surface area contributed by atoms with Crippen LogP contribution in [0.15, 0.2) is 109 Å². The maximum absolute atomic E-state index is 11.3. The van der Waals surface area contributed by atoms with Crippen molar-refractivity contribution >= 4 is 11.9 Å². The molecular weight excluding hydrogens is 769 g/mol. The van der Waals surface area contributed by atoms with Gasteiger partial charge in [-0.25, -0.2) is 19.9 Å². The Morgan fingerprint density at radius 1 is 0.426 bits per heavy atom. The minimum atomic E-state index is -1.38. The number of carboxylic acid groups (broad SMARTS) is 2. The molecule has 0 unspecified atom stereocenters. The first-order valence-corrected chi connectivity index (χ1v) is 14.5. The molecule has 0 radical (unpaired) electrons. The van der Waals surface area contributed by atoms with Crippen molar-refractivity contribution < 1.29 is 39.9 Å². The van der Waals surface area contributed by atoms with Crippen LogP contribution in [0.25, 0.3) is 45.0 Å². The molecule has 6 aromatic rings. The van der Waals surface area contributed by atoms with E-state index in [0.29, 0.717) is 22.8 Å². The van der Waals surface area contributed by atoms with E-state index in [-0.39, 0.29) is 31.8 Å². The number of rotatable bonds is 6. The fraction of sp³-hybridized carbons (Fsp3) is 0.105. The first-order valence-electron chi connectivity index (χ1n) is 14.5. The van der Waals surface area contributed by atoms with Crippen molar-refractivity contribution in [1.29, 1.82) is 0 Å². The molecule has 8 nitrogen and oxygen atoms in total. The predicted molar refractivity (Wildman–Crippen MR) is 173 cm³/mol. The van der Waals surface area contributed by atoms with Crippen molar-refractivity contribution in [2.24, 2.45) is 0 Å². The molecule has 47 heavy (non-hydrogen) atoms. The molecule has 2 heterocycles. The van der Waals surface area contributed by atoms with E-state index in [1.165, 1.54) is 0 Å². The topological polar surface area (TPSA) is 132 Å². The molecular formula is C38H30IrN4O4+. The number of carbonyl (C=O) groups is 2. The van der Waals surface area contributed by atoms with Crippen LogP contribution in [0.5, 0.6) is 0 Å². The largest absolute Gasteiger partial charge is 3.00 e. The molecule has 0 aliphatic carbocycles. The monoisotopic (exact) mass is 799 g/mol. The second kappa shape index (κ2) is 15.3. The van der Waals surface area contributed by atoms with Crippen molar-refractivity contribution in [2.75, 3.05) is 0 Å². The van der Waals surface area contributed by atoms with Gasteiger partial charge in [0, 0.05) is 22.3 Å². The zero-order valence-electron chi connectivity index (χ0n) is 26.1. The molecule has 6 rings (SSSR count). The maximum atomic E-state index is 11.3. The molecule has 0 bridgehead atoms. The van der Waals surface area contributed by atoms with E-state index in [4.69, 9.17) is 0 Å². The number of nitrogens with zero attached hydrogens (tertiary/aromatic N) is 4. The zero-order chi connectivity index (χ0) is 32.8. The SMILES string of the molecule is Cc1cccc(-c2cc(-c3cccc(C)c3)nc(C(=O)[O-])n2)c1.Cc1cccc(-c2cc(-c3cccc(C)c3)nc(C(=O)[O-])n2)c1.[Ir+3]. The number of hydrogen-bond donors (Lipinski definition) is 0. The number of carbonyl (C=O) groups excluding carboxylic acids is 2. The van der Waals surface area contributed by atoms with Crippen molar-refractivity contribution in [1.82, 2.24) is 19.9 Å². The van der Waals surface area contributed by atoms with E-state index in [1.807, 2.05) is 125 Å². The van der Waals surface area contributed by atoms with Gasteiger partial charge in [-0.3, -0.25) is 0 Å². The molecule has 0 amide bonds. The van der Waals surface area contributed by atoms with Crippen LogP contribution in [0.1, 0.15) is 43.5 Å². The Morgan fingerprint density at radius 3 is 0.851 bits per heavy atom. The second-order valence-electron chi connectivity index (χ2n) is 11.0. The normalized spacial score (nSPS) is 10.3. The van der Waals surface area contributed by atoms with Gasteiger partial charge in [-0.2, -0.15) is 0 Å². The summed E-state index contributed by atoms with van der Waals surface area (Å²) in [5.74, 6) is -3.37. The average Bonchev–Trinajstić information content (AvgIpc) is 3.04. The van der Waals surface area contributed by atoms with Crippen LogP contribution in [0, 0.1) is 27.7 Å². The van der Waals surface area contributed by atoms with E-state index in [9.17, 15) is 19.8 Å². The molecule has 0 atom stereocenters. The smallest absolute Gasteiger partial charge is 0.542 e. The predicted octanol–water partition coefficient (Wildman–Crippen LogP) is 5.58. The molecule has 234 valence electrons. The van der Waals surface area contributed by atoms with Crippen molar-refractivity contribution in [3.63, 3.8) is 0 Å². The summed E-state index contributed by atoms with van der Waals surface area (Å²) >= 11 is 0. The fourth-order valence-electron chi connectivity index (χ4n) is 4.89. The molecule has 0 spiro atoms. The standard InChI is InChI=1S/2C19H16N2O2.Ir/c2*1-12-5-3-7-14(9-12)16-11-17(21-18(20-16)19(22)23)15-8-4-6-13(2)10-15;/h2*3-11H,1-2H3,(H,22,23);/q;;+3/p-2. The molecule has 0 saturated carbocycles. The molecule has 0 aliphatic heterocycles. The third-order valence-electron chi connectivity index (χ3n) is 7.07. The summed E-state index contributed by atoms with van der Waals surface area (Å²) < 4.78 is 0. The van der Waals surface area contributed by atoms with Crippen molar-refractivity contribution in [2.45, 2.75) is 27.7 Å². The molecule has 0 aliphatic rings. The fourth-order valence-corrected chi connectivity index (χ4v) is 4.89. The molecule has 9 heteroatoms. The summed E-state index contributed by atoms with van der Waals surface area (Å²) in [5, 5.41) is 22.5. The van der Waals surface area contributed by atoms with E-state index in [0.717, 1.165) is 44.5 Å². The van der Waals surface area contributed by atoms with Gasteiger partial charge in [0.25, 0.3) is 0 Å². The van der Waals surface area contributed by atoms with E-state index in [1.54, 1.807) is 12.1 Å². The first-order chi connectivity index (χ1) is 22.0. The minimum Gasteiger partial charge on any atom is -0.542 e. The summed E-state index contributed by atoms with van der Waals surface area (Å²) in [6.07, 6.45) is 0. The van der Waals surface area contributed by atoms with Crippen LogP contribution >= 0.6 is 0 Å². The molecule has 0 N–H and O–H groups in total. The van der Waals surface area contributed by atoms with Crippen LogP contribution in [0.4, 0.5) is 0 Å². The van der Waals surface area contributed by atoms with Crippen LogP contribution in [-0.4, -0.2) is 31.9 Å². The second-order valence-corrected chi connectivity index (χ2v) is 11.0. The van der Waals surface area contributed by atoms with Crippen LogP contribution < -0.4 is 10.2 Å². The van der Waals surface area contributed by atoms with Crippen LogP contribution in [0.3, 0.4) is 0 Å². The van der Waals surface area contributed by atoms with Gasteiger partial charge in [-0.05, 0) is 64.1 Å². The Kier molecular flexibility index (Phi) is 11.2. The third-order valence-corrected chi connectivity index (χ3v) is 7.07. The van der Waals surface area contributed by atoms with Crippen LogP contribution in [0.2, 0.25) is 0 Å². The number of aromatic nitrogens is 4. The maximum Gasteiger partial charge on any atom is 3.00 e. The Bertz CT molecular complexity index is 1800. The molecule has 0 saturated heterocycles. The number of aryl methyl sites for hydroxylation is 4. The zero-order valence-corrected chi connectivity index (χ0v) is 28.5. The minimum absolute atomic E-state index is 0. The third kappa shape index (κ3) is 8.88. The van der Waals surface area contributed by atoms with Gasteiger partial charge in [0.05, 0.1) is 22.8 Å². The molecule has 0 fully saturated rings. The first kappa shape index (κ1) is 34.5. The van der Waals surface area contributed by atoms with Crippen LogP contribution in [-0.2, 0) is 20.1 Å². The van der Waals surface area contributed by atoms with Gasteiger partial charge >= 0.3 is 20.1 Å². The summed E-state index contributed by atoms with van der Waals surface area (Å²) in [4.78, 5) is 39.0. The van der Waals surface area contributed by atoms with E-state index < -0.39 is 11.9 Å². The van der Waals surface area contributed by atoms with Crippen molar-refractivity contribution in [3.8, 4) is 45.0 Å². The van der Waals surface area contributed by atoms with Gasteiger partial charge in [-0.1, -0.05) is 95.1 Å². The van der Waals surface area contributed by atoms with Gasteiger partial charge in [-0.15, -0.1) is 0 Å². The quantitative estimate of drug-likeness (QED) is 0.214. The summed E-state index contributed by atoms with van der Waals surface area (Å²) in [6.45, 7) is 7.91. The Morgan fingerprint density at radius 2 is 0.660 bits per heavy atom. The average molecular weight is 799 g/mol. The summed E-state index contributed by atoms with van der Waals surface area (Å²) in [7, 11) is 0. The number of carboxylic acids is 2. The Hall–Kier alpha value is -5.37. The van der Waals surface area contributed by atoms with Gasteiger partial charge in [0.2, 0.25) is 0 Å². The Labute approximate surface area is 286 Å². The summed E-state index contributed by atoms with van der Waals surface area (Å²) in [6, 6.07) is 34.6. The van der Waals surface area contributed by atoms with E-state index >= 15 is 0 Å². The number of benzene rings is 4. The van der Waals surface area contributed by atoms with Crippen molar-refractivity contribution in [3.05, 3.63) is 143 Å². The van der Waals surface area contributed by atoms with Gasteiger partial charge in [0.1, 0.15) is 11.9 Å². The molecule has 4 aromatic carbocycles. The van der Waals surface area contributed by atoms with Gasteiger partial charge < -0.3 is 19.8 Å². The summed E-state index contributed by atoms with van der Waals surface area (Å²) in [5.41, 5.74) is 9.99. The number of hydrogen-bond acceptors (Lipinski definition) is 8. The van der Waals surface area contributed by atoms with E-state index in [2.05, 4.69) is 19.9 Å². The Balaban J connectivity index is 0.000000208.